The first kappa shape index (κ1) is 26.4. The molecule has 0 atom stereocenters. The smallest absolute Gasteiger partial charge is 0.265 e. The SMILES string of the molecule is O=C(NO)C1(S(=O)(=O)c2ccc(OCCCc3cccc(-c4csc5ccccc45)c3)cc2)CCOCC1. The second kappa shape index (κ2) is 11.2. The minimum Gasteiger partial charge on any atom is -0.494 e. The van der Waals surface area contributed by atoms with Gasteiger partial charge in [0.25, 0.3) is 5.91 Å². The van der Waals surface area contributed by atoms with Crippen LogP contribution in [0.4, 0.5) is 0 Å². The molecule has 1 aliphatic heterocycles. The number of hydroxylamine groups is 1. The number of ether oxygens (including phenoxy) is 2. The fourth-order valence-corrected chi connectivity index (χ4v) is 7.83. The van der Waals surface area contributed by atoms with Gasteiger partial charge >= 0.3 is 0 Å². The molecule has 9 heteroatoms. The zero-order valence-corrected chi connectivity index (χ0v) is 22.4. The topological polar surface area (TPSA) is 102 Å². The first-order chi connectivity index (χ1) is 18.4. The van der Waals surface area contributed by atoms with Crippen molar-refractivity contribution >= 4 is 37.2 Å². The van der Waals surface area contributed by atoms with Gasteiger partial charge in [-0.2, -0.15) is 0 Å². The van der Waals surface area contributed by atoms with Crippen LogP contribution in [0.25, 0.3) is 21.2 Å². The Bertz CT molecular complexity index is 1520. The van der Waals surface area contributed by atoms with Crippen LogP contribution in [0, 0.1) is 0 Å². The molecule has 2 heterocycles. The van der Waals surface area contributed by atoms with Crippen LogP contribution in [0.1, 0.15) is 24.8 Å². The number of hydrogen-bond donors (Lipinski definition) is 2. The third-order valence-corrected chi connectivity index (χ3v) is 10.5. The van der Waals surface area contributed by atoms with Crippen LogP contribution >= 0.6 is 11.3 Å². The van der Waals surface area contributed by atoms with E-state index in [-0.39, 0.29) is 31.0 Å². The first-order valence-electron chi connectivity index (χ1n) is 12.5. The number of aryl methyl sites for hydroxylation is 1. The second-order valence-electron chi connectivity index (χ2n) is 9.32. The van der Waals surface area contributed by atoms with Crippen molar-refractivity contribution in [3.05, 3.63) is 83.7 Å². The summed E-state index contributed by atoms with van der Waals surface area (Å²) >= 11 is 1.75. The highest BCUT2D eigenvalue weighted by molar-refractivity contribution is 7.93. The summed E-state index contributed by atoms with van der Waals surface area (Å²) in [6, 6.07) is 23.1. The molecule has 3 aromatic carbocycles. The van der Waals surface area contributed by atoms with E-state index in [1.807, 2.05) is 0 Å². The lowest BCUT2D eigenvalue weighted by Gasteiger charge is -2.34. The maximum atomic E-state index is 13.4. The molecule has 2 N–H and O–H groups in total. The van der Waals surface area contributed by atoms with Crippen LogP contribution in [-0.2, 0) is 25.8 Å². The first-order valence-corrected chi connectivity index (χ1v) is 14.9. The maximum Gasteiger partial charge on any atom is 0.265 e. The van der Waals surface area contributed by atoms with Crippen LogP contribution in [0.5, 0.6) is 5.75 Å². The number of benzene rings is 3. The molecule has 1 amide bonds. The monoisotopic (exact) mass is 551 g/mol. The summed E-state index contributed by atoms with van der Waals surface area (Å²) in [6.45, 7) is 0.729. The Hall–Kier alpha value is -3.24. The minimum absolute atomic E-state index is 0.00752. The van der Waals surface area contributed by atoms with Crippen LogP contribution in [-0.4, -0.2) is 44.1 Å². The zero-order valence-electron chi connectivity index (χ0n) is 20.8. The number of fused-ring (bicyclic) bond motifs is 1. The van der Waals surface area contributed by atoms with Gasteiger partial charge in [0.2, 0.25) is 0 Å². The van der Waals surface area contributed by atoms with E-state index < -0.39 is 20.5 Å². The van der Waals surface area contributed by atoms with Crippen molar-refractivity contribution in [2.45, 2.75) is 35.3 Å². The molecule has 7 nitrogen and oxygen atoms in total. The third-order valence-electron chi connectivity index (χ3n) is 7.06. The largest absolute Gasteiger partial charge is 0.494 e. The van der Waals surface area contributed by atoms with Crippen molar-refractivity contribution in [1.82, 2.24) is 5.48 Å². The molecule has 0 unspecified atom stereocenters. The summed E-state index contributed by atoms with van der Waals surface area (Å²) in [5.74, 6) is -0.382. The molecule has 0 aliphatic carbocycles. The van der Waals surface area contributed by atoms with Gasteiger partial charge in [-0.3, -0.25) is 10.0 Å². The maximum absolute atomic E-state index is 13.4. The molecule has 0 bridgehead atoms. The van der Waals surface area contributed by atoms with Gasteiger partial charge in [0.05, 0.1) is 11.5 Å². The van der Waals surface area contributed by atoms with Gasteiger partial charge in [-0.25, -0.2) is 13.9 Å². The Kier molecular flexibility index (Phi) is 7.80. The molecule has 1 fully saturated rings. The number of carbonyl (C=O) groups excluding carboxylic acids is 1. The van der Waals surface area contributed by atoms with E-state index in [1.54, 1.807) is 23.5 Å². The molecule has 1 saturated heterocycles. The molecule has 0 saturated carbocycles. The van der Waals surface area contributed by atoms with E-state index in [9.17, 15) is 18.4 Å². The summed E-state index contributed by atoms with van der Waals surface area (Å²) in [5.41, 5.74) is 5.21. The Balaban J connectivity index is 1.20. The number of hydrogen-bond acceptors (Lipinski definition) is 7. The van der Waals surface area contributed by atoms with Gasteiger partial charge in [0.15, 0.2) is 14.6 Å². The fourth-order valence-electron chi connectivity index (χ4n) is 4.92. The van der Waals surface area contributed by atoms with E-state index in [0.717, 1.165) is 12.8 Å². The normalized spacial score (nSPS) is 15.3. The molecule has 0 radical (unpaired) electrons. The molecule has 0 spiro atoms. The number of thiophene rings is 1. The van der Waals surface area contributed by atoms with Crippen molar-refractivity contribution in [2.24, 2.45) is 0 Å². The number of sulfone groups is 1. The summed E-state index contributed by atoms with van der Waals surface area (Å²) in [7, 11) is -4.06. The average Bonchev–Trinajstić information content (AvgIpc) is 3.40. The van der Waals surface area contributed by atoms with Crippen molar-refractivity contribution in [2.75, 3.05) is 19.8 Å². The Morgan fingerprint density at radius 1 is 1.03 bits per heavy atom. The van der Waals surface area contributed by atoms with Gasteiger partial charge in [0, 0.05) is 28.9 Å². The third kappa shape index (κ3) is 5.07. The van der Waals surface area contributed by atoms with Crippen LogP contribution < -0.4 is 10.2 Å². The molecular weight excluding hydrogens is 522 g/mol. The Morgan fingerprint density at radius 3 is 2.55 bits per heavy atom. The van der Waals surface area contributed by atoms with E-state index >= 15 is 0 Å². The summed E-state index contributed by atoms with van der Waals surface area (Å²) < 4.78 is 37.3. The van der Waals surface area contributed by atoms with E-state index in [4.69, 9.17) is 9.47 Å². The van der Waals surface area contributed by atoms with Crippen LogP contribution in [0.3, 0.4) is 0 Å². The minimum atomic E-state index is -4.06. The zero-order chi connectivity index (χ0) is 26.6. The van der Waals surface area contributed by atoms with Gasteiger partial charge < -0.3 is 9.47 Å². The Morgan fingerprint density at radius 2 is 1.79 bits per heavy atom. The summed E-state index contributed by atoms with van der Waals surface area (Å²) in [4.78, 5) is 12.4. The van der Waals surface area contributed by atoms with Gasteiger partial charge in [-0.1, -0.05) is 42.5 Å². The molecule has 1 aromatic heterocycles. The van der Waals surface area contributed by atoms with Crippen molar-refractivity contribution < 1.29 is 27.9 Å². The highest BCUT2D eigenvalue weighted by Crippen LogP contribution is 2.36. The van der Waals surface area contributed by atoms with Gasteiger partial charge in [0.1, 0.15) is 5.75 Å². The van der Waals surface area contributed by atoms with Crippen molar-refractivity contribution in [3.8, 4) is 16.9 Å². The standard InChI is InChI=1S/C29H29NO6S2/c31-28(30-32)29(14-17-35-18-15-29)38(33,34)24-12-10-23(11-13-24)36-16-4-6-21-5-3-7-22(19-21)26-20-37-27-9-2-1-8-25(26)27/h1-3,5,7-13,19-20,32H,4,6,14-18H2,(H,30,31). The second-order valence-corrected chi connectivity index (χ2v) is 12.5. The molecule has 5 rings (SSSR count). The van der Waals surface area contributed by atoms with E-state index in [2.05, 4.69) is 53.9 Å². The lowest BCUT2D eigenvalue weighted by molar-refractivity contribution is -0.134. The van der Waals surface area contributed by atoms with Gasteiger partial charge in [-0.15, -0.1) is 11.3 Å². The summed E-state index contributed by atoms with van der Waals surface area (Å²) in [5, 5.41) is 12.7. The van der Waals surface area contributed by atoms with E-state index in [1.165, 1.54) is 44.4 Å². The molecule has 198 valence electrons. The highest BCUT2D eigenvalue weighted by Gasteiger charge is 2.52. The molecule has 1 aliphatic rings. The van der Waals surface area contributed by atoms with Crippen molar-refractivity contribution in [1.29, 1.82) is 0 Å². The van der Waals surface area contributed by atoms with Crippen LogP contribution in [0.2, 0.25) is 0 Å². The van der Waals surface area contributed by atoms with Crippen molar-refractivity contribution in [3.63, 3.8) is 0 Å². The predicted molar refractivity (Wildman–Crippen MR) is 147 cm³/mol. The number of nitrogens with one attached hydrogen (secondary N) is 1. The number of rotatable bonds is 9. The fraction of sp³-hybridized carbons (Fsp3) is 0.276. The number of amides is 1. The molecular formula is C29H29NO6S2. The summed E-state index contributed by atoms with van der Waals surface area (Å²) in [6.07, 6.45) is 1.60. The lowest BCUT2D eigenvalue weighted by atomic mass is 9.98. The number of carbonyl (C=O) groups is 1. The highest BCUT2D eigenvalue weighted by atomic mass is 32.2. The lowest BCUT2D eigenvalue weighted by Crippen LogP contribution is -2.54. The Labute approximate surface area is 225 Å². The predicted octanol–water partition coefficient (Wildman–Crippen LogP) is 5.41. The average molecular weight is 552 g/mol. The quantitative estimate of drug-likeness (QED) is 0.164. The molecule has 38 heavy (non-hydrogen) atoms. The molecule has 4 aromatic rings. The van der Waals surface area contributed by atoms with Gasteiger partial charge in [-0.05, 0) is 72.5 Å². The van der Waals surface area contributed by atoms with E-state index in [0.29, 0.717) is 12.4 Å². The van der Waals surface area contributed by atoms with Crippen LogP contribution in [0.15, 0.2) is 83.1 Å².